The fraction of sp³-hybridized carbons (Fsp3) is 0.600. The first-order chi connectivity index (χ1) is 8.86. The first kappa shape index (κ1) is 11.8. The number of methoxy groups -OCH3 is 1. The van der Waals surface area contributed by atoms with Gasteiger partial charge in [0.15, 0.2) is 11.5 Å². The quantitative estimate of drug-likeness (QED) is 0.887. The summed E-state index contributed by atoms with van der Waals surface area (Å²) in [6.45, 7) is 1.12. The van der Waals surface area contributed by atoms with E-state index < -0.39 is 0 Å². The highest BCUT2D eigenvalue weighted by Crippen LogP contribution is 2.35. The summed E-state index contributed by atoms with van der Waals surface area (Å²) in [4.78, 5) is 0. The minimum absolute atomic E-state index is 0.394. The van der Waals surface area contributed by atoms with E-state index in [1.54, 1.807) is 7.11 Å². The van der Waals surface area contributed by atoms with Gasteiger partial charge in [-0.25, -0.2) is 0 Å². The summed E-state index contributed by atoms with van der Waals surface area (Å²) in [6.07, 6.45) is 6.51. The van der Waals surface area contributed by atoms with Crippen molar-refractivity contribution in [3.63, 3.8) is 0 Å². The number of hydrogen-bond donors (Lipinski definition) is 1. The van der Waals surface area contributed by atoms with Gasteiger partial charge in [0.25, 0.3) is 0 Å². The van der Waals surface area contributed by atoms with Gasteiger partial charge in [-0.2, -0.15) is 0 Å². The Labute approximate surface area is 108 Å². The molecule has 3 heteroatoms. The topological polar surface area (TPSA) is 30.5 Å². The number of rotatable bonds is 4. The van der Waals surface area contributed by atoms with Crippen molar-refractivity contribution in [2.45, 2.75) is 44.2 Å². The van der Waals surface area contributed by atoms with Crippen LogP contribution < -0.4 is 14.8 Å². The number of ether oxygens (including phenoxy) is 2. The molecule has 1 atom stereocenters. The predicted molar refractivity (Wildman–Crippen MR) is 71.2 cm³/mol. The van der Waals surface area contributed by atoms with Crippen molar-refractivity contribution >= 4 is 0 Å². The van der Waals surface area contributed by atoms with Crippen LogP contribution in [0.15, 0.2) is 18.2 Å². The number of hydrogen-bond acceptors (Lipinski definition) is 3. The van der Waals surface area contributed by atoms with Gasteiger partial charge in [-0.15, -0.1) is 0 Å². The first-order valence-corrected chi connectivity index (χ1v) is 6.95. The van der Waals surface area contributed by atoms with E-state index >= 15 is 0 Å². The lowest BCUT2D eigenvalue weighted by Crippen LogP contribution is -2.25. The van der Waals surface area contributed by atoms with Crippen LogP contribution in [0.4, 0.5) is 0 Å². The average molecular weight is 247 g/mol. The Kier molecular flexibility index (Phi) is 3.41. The Bertz CT molecular complexity index is 409. The number of nitrogens with one attached hydrogen (secondary N) is 1. The molecule has 1 saturated heterocycles. The molecule has 0 aromatic heterocycles. The van der Waals surface area contributed by atoms with Crippen molar-refractivity contribution in [3.05, 3.63) is 23.8 Å². The molecular formula is C15H21NO2. The second kappa shape index (κ2) is 5.19. The van der Waals surface area contributed by atoms with Crippen LogP contribution in [0, 0.1) is 0 Å². The Balaban J connectivity index is 1.80. The maximum atomic E-state index is 6.02. The van der Waals surface area contributed by atoms with Crippen LogP contribution in [0.5, 0.6) is 11.5 Å². The van der Waals surface area contributed by atoms with Crippen LogP contribution in [0.2, 0.25) is 0 Å². The van der Waals surface area contributed by atoms with Gasteiger partial charge < -0.3 is 14.8 Å². The second-order valence-corrected chi connectivity index (χ2v) is 5.23. The van der Waals surface area contributed by atoms with Gasteiger partial charge in [0.05, 0.1) is 13.2 Å². The van der Waals surface area contributed by atoms with Crippen LogP contribution in [0.1, 0.15) is 43.7 Å². The fourth-order valence-corrected chi connectivity index (χ4v) is 2.64. The molecular weight excluding hydrogens is 226 g/mol. The molecule has 0 spiro atoms. The third kappa shape index (κ3) is 2.32. The molecule has 1 aromatic rings. The van der Waals surface area contributed by atoms with Crippen LogP contribution in [-0.4, -0.2) is 19.8 Å². The van der Waals surface area contributed by atoms with Crippen LogP contribution in [0.3, 0.4) is 0 Å². The van der Waals surface area contributed by atoms with E-state index in [9.17, 15) is 0 Å². The van der Waals surface area contributed by atoms with Gasteiger partial charge in [-0.1, -0.05) is 6.07 Å². The molecule has 2 fully saturated rings. The average Bonchev–Trinajstić information content (AvgIpc) is 2.87. The Morgan fingerprint density at radius 2 is 2.00 bits per heavy atom. The summed E-state index contributed by atoms with van der Waals surface area (Å²) in [5.41, 5.74) is 1.32. The molecule has 1 N–H and O–H groups in total. The lowest BCUT2D eigenvalue weighted by atomic mass is 9.96. The van der Waals surface area contributed by atoms with Crippen molar-refractivity contribution < 1.29 is 9.47 Å². The van der Waals surface area contributed by atoms with Gasteiger partial charge in [0.2, 0.25) is 0 Å². The van der Waals surface area contributed by atoms with Crippen molar-refractivity contribution in [3.8, 4) is 11.5 Å². The summed E-state index contributed by atoms with van der Waals surface area (Å²) in [6, 6.07) is 6.82. The summed E-state index contributed by atoms with van der Waals surface area (Å²) in [5, 5.41) is 3.52. The molecule has 1 aromatic carbocycles. The lowest BCUT2D eigenvalue weighted by molar-refractivity contribution is 0.116. The Morgan fingerprint density at radius 3 is 2.61 bits per heavy atom. The third-order valence-corrected chi connectivity index (χ3v) is 4.00. The van der Waals surface area contributed by atoms with Crippen molar-refractivity contribution in [1.82, 2.24) is 5.32 Å². The summed E-state index contributed by atoms with van der Waals surface area (Å²) in [7, 11) is 1.70. The molecule has 98 valence electrons. The molecule has 1 saturated carbocycles. The third-order valence-electron chi connectivity index (χ3n) is 4.00. The molecule has 1 unspecified atom stereocenters. The van der Waals surface area contributed by atoms with Crippen molar-refractivity contribution in [2.75, 3.05) is 13.7 Å². The molecule has 1 heterocycles. The van der Waals surface area contributed by atoms with E-state index in [1.165, 1.54) is 37.7 Å². The maximum absolute atomic E-state index is 6.02. The Morgan fingerprint density at radius 1 is 1.11 bits per heavy atom. The zero-order valence-electron chi connectivity index (χ0n) is 10.9. The first-order valence-electron chi connectivity index (χ1n) is 6.95. The smallest absolute Gasteiger partial charge is 0.161 e. The van der Waals surface area contributed by atoms with Gasteiger partial charge in [0, 0.05) is 6.04 Å². The SMILES string of the molecule is COc1ccc(C2CCCN2)cc1OC1CCC1. The molecule has 1 aliphatic heterocycles. The summed E-state index contributed by atoms with van der Waals surface area (Å²) < 4.78 is 11.4. The highest BCUT2D eigenvalue weighted by molar-refractivity contribution is 5.44. The van der Waals surface area contributed by atoms with Gasteiger partial charge in [-0.3, -0.25) is 0 Å². The van der Waals surface area contributed by atoms with E-state index in [1.807, 2.05) is 6.07 Å². The molecule has 0 radical (unpaired) electrons. The zero-order valence-corrected chi connectivity index (χ0v) is 10.9. The van der Waals surface area contributed by atoms with E-state index in [0.29, 0.717) is 12.1 Å². The molecule has 1 aliphatic carbocycles. The normalized spacial score (nSPS) is 23.7. The van der Waals surface area contributed by atoms with Crippen LogP contribution in [0.25, 0.3) is 0 Å². The monoisotopic (exact) mass is 247 g/mol. The van der Waals surface area contributed by atoms with E-state index in [2.05, 4.69) is 17.4 Å². The minimum Gasteiger partial charge on any atom is -0.493 e. The van der Waals surface area contributed by atoms with E-state index in [-0.39, 0.29) is 0 Å². The molecule has 0 bridgehead atoms. The highest BCUT2D eigenvalue weighted by Gasteiger charge is 2.22. The van der Waals surface area contributed by atoms with Gasteiger partial charge in [0.1, 0.15) is 0 Å². The van der Waals surface area contributed by atoms with E-state index in [4.69, 9.17) is 9.47 Å². The lowest BCUT2D eigenvalue weighted by Gasteiger charge is -2.27. The van der Waals surface area contributed by atoms with E-state index in [0.717, 1.165) is 18.0 Å². The maximum Gasteiger partial charge on any atom is 0.161 e. The summed E-state index contributed by atoms with van der Waals surface area (Å²) in [5.74, 6) is 1.76. The van der Waals surface area contributed by atoms with Crippen LogP contribution >= 0.6 is 0 Å². The van der Waals surface area contributed by atoms with Gasteiger partial charge >= 0.3 is 0 Å². The molecule has 18 heavy (non-hydrogen) atoms. The molecule has 2 aliphatic rings. The molecule has 0 amide bonds. The predicted octanol–water partition coefficient (Wildman–Crippen LogP) is 3.05. The largest absolute Gasteiger partial charge is 0.493 e. The molecule has 3 rings (SSSR count). The standard InChI is InChI=1S/C15H21NO2/c1-17-14-8-7-11(13-6-3-9-16-13)10-15(14)18-12-4-2-5-12/h7-8,10,12-13,16H,2-6,9H2,1H3. The Hall–Kier alpha value is -1.22. The van der Waals surface area contributed by atoms with Crippen molar-refractivity contribution in [2.24, 2.45) is 0 Å². The molecule has 3 nitrogen and oxygen atoms in total. The van der Waals surface area contributed by atoms with Crippen LogP contribution in [-0.2, 0) is 0 Å². The second-order valence-electron chi connectivity index (χ2n) is 5.23. The minimum atomic E-state index is 0.394. The summed E-state index contributed by atoms with van der Waals surface area (Å²) >= 11 is 0. The fourth-order valence-electron chi connectivity index (χ4n) is 2.64. The van der Waals surface area contributed by atoms with Crippen molar-refractivity contribution in [1.29, 1.82) is 0 Å². The number of benzene rings is 1. The van der Waals surface area contributed by atoms with Gasteiger partial charge in [-0.05, 0) is 56.3 Å². The highest BCUT2D eigenvalue weighted by atomic mass is 16.5. The zero-order chi connectivity index (χ0) is 12.4.